The Bertz CT molecular complexity index is 359. The number of ether oxygens (including phenoxy) is 1. The van der Waals surface area contributed by atoms with Gasteiger partial charge in [0, 0.05) is 12.4 Å². The normalized spacial score (nSPS) is 12.1. The van der Waals surface area contributed by atoms with E-state index in [2.05, 4.69) is 14.7 Å². The molecule has 0 amide bonds. The molecule has 4 nitrogen and oxygen atoms in total. The molecular formula is C10H13F4N3O. The van der Waals surface area contributed by atoms with Crippen LogP contribution < -0.4 is 5.73 Å². The summed E-state index contributed by atoms with van der Waals surface area (Å²) in [4.78, 5) is 7.68. The van der Waals surface area contributed by atoms with E-state index in [4.69, 9.17) is 5.73 Å². The molecule has 1 aromatic rings. The van der Waals surface area contributed by atoms with Crippen LogP contribution in [0.5, 0.6) is 0 Å². The summed E-state index contributed by atoms with van der Waals surface area (Å²) >= 11 is 0. The number of nitrogens with two attached hydrogens (primary N) is 1. The van der Waals surface area contributed by atoms with Crippen LogP contribution in [0.1, 0.15) is 11.4 Å². The standard InChI is InChI=1S/C10H13F4N3O/c11-9(12)10(13,14)6-18-5-8-16-3-7(1-2-15)4-17-8/h3-4,9H,1-2,5-6,15H2. The molecule has 0 unspecified atom stereocenters. The number of hydrogen-bond donors (Lipinski definition) is 1. The summed E-state index contributed by atoms with van der Waals surface area (Å²) in [6.07, 6.45) is -0.163. The molecule has 0 atom stereocenters. The van der Waals surface area contributed by atoms with Crippen molar-refractivity contribution in [1.29, 1.82) is 0 Å². The van der Waals surface area contributed by atoms with Crippen molar-refractivity contribution in [2.45, 2.75) is 25.4 Å². The molecule has 0 spiro atoms. The Hall–Kier alpha value is -1.28. The molecule has 2 N–H and O–H groups in total. The molecule has 0 bridgehead atoms. The summed E-state index contributed by atoms with van der Waals surface area (Å²) in [5.74, 6) is -4.00. The van der Waals surface area contributed by atoms with E-state index in [-0.39, 0.29) is 12.4 Å². The van der Waals surface area contributed by atoms with Crippen molar-refractivity contribution < 1.29 is 22.3 Å². The molecule has 0 aliphatic rings. The van der Waals surface area contributed by atoms with Crippen molar-refractivity contribution in [3.8, 4) is 0 Å². The van der Waals surface area contributed by atoms with Gasteiger partial charge in [0.05, 0.1) is 0 Å². The highest BCUT2D eigenvalue weighted by Gasteiger charge is 2.40. The fourth-order valence-electron chi connectivity index (χ4n) is 1.09. The predicted molar refractivity (Wildman–Crippen MR) is 55.4 cm³/mol. The molecule has 1 aromatic heterocycles. The highest BCUT2D eigenvalue weighted by atomic mass is 19.3. The first-order valence-electron chi connectivity index (χ1n) is 5.19. The largest absolute Gasteiger partial charge is 0.367 e. The Kier molecular flexibility index (Phi) is 5.42. The number of alkyl halides is 4. The molecule has 8 heteroatoms. The Morgan fingerprint density at radius 1 is 1.28 bits per heavy atom. The lowest BCUT2D eigenvalue weighted by atomic mass is 10.2. The van der Waals surface area contributed by atoms with E-state index in [9.17, 15) is 17.6 Å². The third kappa shape index (κ3) is 4.53. The van der Waals surface area contributed by atoms with E-state index in [1.165, 1.54) is 12.4 Å². The summed E-state index contributed by atoms with van der Waals surface area (Å²) in [5, 5.41) is 0. The number of aromatic nitrogens is 2. The second-order valence-corrected chi connectivity index (χ2v) is 3.60. The van der Waals surface area contributed by atoms with Crippen LogP contribution in [-0.4, -0.2) is 35.5 Å². The number of hydrogen-bond acceptors (Lipinski definition) is 4. The summed E-state index contributed by atoms with van der Waals surface area (Å²) in [7, 11) is 0. The fourth-order valence-corrected chi connectivity index (χ4v) is 1.09. The molecule has 0 fully saturated rings. The van der Waals surface area contributed by atoms with Gasteiger partial charge in [-0.25, -0.2) is 18.7 Å². The predicted octanol–water partition coefficient (Wildman–Crippen LogP) is 1.39. The van der Waals surface area contributed by atoms with Crippen LogP contribution in [0.15, 0.2) is 12.4 Å². The highest BCUT2D eigenvalue weighted by molar-refractivity contribution is 5.05. The maximum absolute atomic E-state index is 12.5. The smallest absolute Gasteiger partial charge is 0.330 e. The van der Waals surface area contributed by atoms with Crippen LogP contribution in [0.25, 0.3) is 0 Å². The van der Waals surface area contributed by atoms with Crippen LogP contribution in [0.2, 0.25) is 0 Å². The third-order valence-electron chi connectivity index (χ3n) is 2.04. The molecule has 0 radical (unpaired) electrons. The highest BCUT2D eigenvalue weighted by Crippen LogP contribution is 2.23. The van der Waals surface area contributed by atoms with Gasteiger partial charge in [-0.1, -0.05) is 0 Å². The summed E-state index contributed by atoms with van der Waals surface area (Å²) in [5.41, 5.74) is 6.13. The van der Waals surface area contributed by atoms with Crippen molar-refractivity contribution in [3.05, 3.63) is 23.8 Å². The second-order valence-electron chi connectivity index (χ2n) is 3.60. The van der Waals surface area contributed by atoms with E-state index >= 15 is 0 Å². The number of nitrogens with zero attached hydrogens (tertiary/aromatic N) is 2. The quantitative estimate of drug-likeness (QED) is 0.758. The van der Waals surface area contributed by atoms with Crippen molar-refractivity contribution in [1.82, 2.24) is 9.97 Å². The zero-order chi connectivity index (χ0) is 13.6. The average molecular weight is 267 g/mol. The minimum atomic E-state index is -4.15. The van der Waals surface area contributed by atoms with Crippen LogP contribution in [0.4, 0.5) is 17.6 Å². The van der Waals surface area contributed by atoms with E-state index in [0.29, 0.717) is 13.0 Å². The van der Waals surface area contributed by atoms with Gasteiger partial charge in [-0.3, -0.25) is 0 Å². The van der Waals surface area contributed by atoms with Crippen LogP contribution in [0, 0.1) is 0 Å². The molecule has 0 saturated carbocycles. The van der Waals surface area contributed by atoms with Gasteiger partial charge in [0.2, 0.25) is 0 Å². The van der Waals surface area contributed by atoms with E-state index in [1.807, 2.05) is 0 Å². The second kappa shape index (κ2) is 6.60. The molecule has 0 aromatic carbocycles. The number of halogens is 4. The minimum Gasteiger partial charge on any atom is -0.367 e. The van der Waals surface area contributed by atoms with Gasteiger partial charge < -0.3 is 10.5 Å². The first kappa shape index (κ1) is 14.8. The molecule has 1 heterocycles. The molecule has 0 aliphatic carbocycles. The Balaban J connectivity index is 2.40. The lowest BCUT2D eigenvalue weighted by Crippen LogP contribution is -2.32. The molecule has 1 rings (SSSR count). The van der Waals surface area contributed by atoms with E-state index < -0.39 is 19.0 Å². The van der Waals surface area contributed by atoms with Gasteiger partial charge >= 0.3 is 12.3 Å². The van der Waals surface area contributed by atoms with Crippen LogP contribution >= 0.6 is 0 Å². The van der Waals surface area contributed by atoms with Gasteiger partial charge in [0.1, 0.15) is 13.2 Å². The zero-order valence-corrected chi connectivity index (χ0v) is 9.45. The minimum absolute atomic E-state index is 0.154. The van der Waals surface area contributed by atoms with Crippen molar-refractivity contribution in [3.63, 3.8) is 0 Å². The Morgan fingerprint density at radius 2 is 1.89 bits per heavy atom. The maximum Gasteiger partial charge on any atom is 0.330 e. The summed E-state index contributed by atoms with van der Waals surface area (Å²) < 4.78 is 53.0. The summed E-state index contributed by atoms with van der Waals surface area (Å²) in [6, 6.07) is 0. The Morgan fingerprint density at radius 3 is 2.39 bits per heavy atom. The molecule has 0 saturated heterocycles. The van der Waals surface area contributed by atoms with Crippen LogP contribution in [0.3, 0.4) is 0 Å². The first-order valence-corrected chi connectivity index (χ1v) is 5.19. The fraction of sp³-hybridized carbons (Fsp3) is 0.600. The SMILES string of the molecule is NCCc1cnc(COCC(F)(F)C(F)F)nc1. The van der Waals surface area contributed by atoms with Crippen molar-refractivity contribution in [2.75, 3.05) is 13.2 Å². The topological polar surface area (TPSA) is 61.0 Å². The summed E-state index contributed by atoms with van der Waals surface area (Å²) in [6.45, 7) is -1.26. The molecule has 102 valence electrons. The monoisotopic (exact) mass is 267 g/mol. The maximum atomic E-state index is 12.5. The zero-order valence-electron chi connectivity index (χ0n) is 9.45. The van der Waals surface area contributed by atoms with Crippen molar-refractivity contribution >= 4 is 0 Å². The lowest BCUT2D eigenvalue weighted by Gasteiger charge is -2.14. The van der Waals surface area contributed by atoms with Gasteiger partial charge in [-0.15, -0.1) is 0 Å². The Labute approximate surface area is 101 Å². The third-order valence-corrected chi connectivity index (χ3v) is 2.04. The van der Waals surface area contributed by atoms with Gasteiger partial charge in [-0.2, -0.15) is 8.78 Å². The lowest BCUT2D eigenvalue weighted by molar-refractivity contribution is -0.168. The number of rotatable bonds is 7. The van der Waals surface area contributed by atoms with Crippen molar-refractivity contribution in [2.24, 2.45) is 5.73 Å². The molecular weight excluding hydrogens is 254 g/mol. The first-order chi connectivity index (χ1) is 8.45. The average Bonchev–Trinajstić information content (AvgIpc) is 2.31. The van der Waals surface area contributed by atoms with E-state index in [0.717, 1.165) is 5.56 Å². The molecule has 0 aliphatic heterocycles. The van der Waals surface area contributed by atoms with Gasteiger partial charge in [0.25, 0.3) is 0 Å². The van der Waals surface area contributed by atoms with Crippen LogP contribution in [-0.2, 0) is 17.8 Å². The molecule has 18 heavy (non-hydrogen) atoms. The van der Waals surface area contributed by atoms with Gasteiger partial charge in [0.15, 0.2) is 5.82 Å². The van der Waals surface area contributed by atoms with E-state index in [1.54, 1.807) is 0 Å². The van der Waals surface area contributed by atoms with Gasteiger partial charge in [-0.05, 0) is 18.5 Å².